The van der Waals surface area contributed by atoms with Crippen LogP contribution in [0.3, 0.4) is 0 Å². The molecule has 1 aliphatic heterocycles. The maximum atomic E-state index is 13.5. The average Bonchev–Trinajstić information content (AvgIpc) is 2.88. The van der Waals surface area contributed by atoms with E-state index < -0.39 is 10.0 Å². The van der Waals surface area contributed by atoms with Gasteiger partial charge in [-0.15, -0.1) is 0 Å². The lowest BCUT2D eigenvalue weighted by Gasteiger charge is -2.27. The van der Waals surface area contributed by atoms with Crippen LogP contribution >= 0.6 is 0 Å². The first-order valence-electron chi connectivity index (χ1n) is 11.1. The van der Waals surface area contributed by atoms with Gasteiger partial charge in [-0.25, -0.2) is 8.42 Å². The first-order chi connectivity index (χ1) is 16.0. The molecule has 6 nitrogen and oxygen atoms in total. The fraction of sp³-hybridized carbons (Fsp3) is 0.269. The zero-order chi connectivity index (χ0) is 23.3. The molecule has 0 spiro atoms. The molecule has 1 fully saturated rings. The van der Waals surface area contributed by atoms with Crippen molar-refractivity contribution in [3.8, 4) is 5.75 Å². The van der Waals surface area contributed by atoms with Gasteiger partial charge in [0, 0.05) is 18.7 Å². The molecule has 0 bridgehead atoms. The average molecular weight is 465 g/mol. The van der Waals surface area contributed by atoms with Gasteiger partial charge < -0.3 is 9.64 Å². The fourth-order valence-corrected chi connectivity index (χ4v) is 5.46. The molecule has 1 heterocycles. The highest BCUT2D eigenvalue weighted by atomic mass is 32.2. The Balaban J connectivity index is 1.61. The molecule has 0 atom stereocenters. The van der Waals surface area contributed by atoms with E-state index in [1.807, 2.05) is 17.0 Å². The second-order valence-corrected chi connectivity index (χ2v) is 9.93. The number of rotatable bonds is 7. The van der Waals surface area contributed by atoms with Crippen molar-refractivity contribution in [2.75, 3.05) is 24.5 Å². The highest BCUT2D eigenvalue weighted by molar-refractivity contribution is 7.92. The predicted molar refractivity (Wildman–Crippen MR) is 129 cm³/mol. The Hall–Kier alpha value is -3.32. The summed E-state index contributed by atoms with van der Waals surface area (Å²) in [6, 6.07) is 22.5. The van der Waals surface area contributed by atoms with Crippen LogP contribution < -0.4 is 9.04 Å². The van der Waals surface area contributed by atoms with Crippen LogP contribution in [-0.4, -0.2) is 39.4 Å². The molecule has 7 heteroatoms. The second-order valence-electron chi connectivity index (χ2n) is 8.07. The number of hydrogen-bond donors (Lipinski definition) is 0. The molecule has 3 aromatic carbocycles. The number of amides is 1. The SMILES string of the molecule is COc1ccc(N(Cc2ccc(C(=O)N3CCCCC3)cc2)S(=O)(=O)c2ccccc2)cc1. The fourth-order valence-electron chi connectivity index (χ4n) is 3.98. The summed E-state index contributed by atoms with van der Waals surface area (Å²) >= 11 is 0. The van der Waals surface area contributed by atoms with Crippen molar-refractivity contribution in [1.29, 1.82) is 0 Å². The van der Waals surface area contributed by atoms with E-state index in [-0.39, 0.29) is 17.3 Å². The molecule has 1 amide bonds. The first-order valence-corrected chi connectivity index (χ1v) is 12.5. The normalized spacial score (nSPS) is 14.0. The lowest BCUT2D eigenvalue weighted by Crippen LogP contribution is -2.35. The van der Waals surface area contributed by atoms with Crippen LogP contribution in [0, 0.1) is 0 Å². The number of carbonyl (C=O) groups is 1. The van der Waals surface area contributed by atoms with Gasteiger partial charge in [-0.1, -0.05) is 30.3 Å². The standard InChI is InChI=1S/C26H28N2O4S/c1-32-24-16-14-23(15-17-24)28(33(30,31)25-8-4-2-5-9-25)20-21-10-12-22(13-11-21)26(29)27-18-6-3-7-19-27/h2,4-5,8-17H,3,6-7,18-20H2,1H3. The number of anilines is 1. The van der Waals surface area contributed by atoms with Gasteiger partial charge in [0.2, 0.25) is 0 Å². The molecule has 3 aromatic rings. The molecule has 1 saturated heterocycles. The molecule has 0 aromatic heterocycles. The van der Waals surface area contributed by atoms with Gasteiger partial charge in [-0.2, -0.15) is 0 Å². The lowest BCUT2D eigenvalue weighted by molar-refractivity contribution is 0.0724. The second kappa shape index (κ2) is 10.1. The van der Waals surface area contributed by atoms with Crippen LogP contribution in [0.4, 0.5) is 5.69 Å². The number of benzene rings is 3. The Kier molecular flexibility index (Phi) is 6.99. The molecule has 0 N–H and O–H groups in total. The highest BCUT2D eigenvalue weighted by Gasteiger charge is 2.25. The van der Waals surface area contributed by atoms with Gasteiger partial charge >= 0.3 is 0 Å². The maximum absolute atomic E-state index is 13.5. The van der Waals surface area contributed by atoms with Crippen LogP contribution in [0.15, 0.2) is 83.8 Å². The van der Waals surface area contributed by atoms with E-state index in [0.717, 1.165) is 31.5 Å². The van der Waals surface area contributed by atoms with Crippen molar-refractivity contribution in [3.05, 3.63) is 90.0 Å². The molecule has 1 aliphatic rings. The Labute approximate surface area is 195 Å². The Morgan fingerprint density at radius 2 is 1.52 bits per heavy atom. The van der Waals surface area contributed by atoms with Crippen molar-refractivity contribution in [1.82, 2.24) is 4.90 Å². The zero-order valence-electron chi connectivity index (χ0n) is 18.7. The molecule has 0 radical (unpaired) electrons. The van der Waals surface area contributed by atoms with Crippen LogP contribution in [0.1, 0.15) is 35.2 Å². The first kappa shape index (κ1) is 22.9. The number of piperidine rings is 1. The Bertz CT molecular complexity index is 1170. The predicted octanol–water partition coefficient (Wildman–Crippen LogP) is 4.72. The number of likely N-dealkylation sites (tertiary alicyclic amines) is 1. The monoisotopic (exact) mass is 464 g/mol. The number of hydrogen-bond acceptors (Lipinski definition) is 4. The molecule has 0 unspecified atom stereocenters. The summed E-state index contributed by atoms with van der Waals surface area (Å²) < 4.78 is 33.6. The molecule has 0 saturated carbocycles. The third-order valence-electron chi connectivity index (χ3n) is 5.86. The molecule has 33 heavy (non-hydrogen) atoms. The zero-order valence-corrected chi connectivity index (χ0v) is 19.5. The van der Waals surface area contributed by atoms with E-state index in [0.29, 0.717) is 17.0 Å². The van der Waals surface area contributed by atoms with Gasteiger partial charge in [0.15, 0.2) is 0 Å². The van der Waals surface area contributed by atoms with Crippen LogP contribution in [0.2, 0.25) is 0 Å². The van der Waals surface area contributed by atoms with Crippen molar-refractivity contribution in [2.45, 2.75) is 30.7 Å². The third-order valence-corrected chi connectivity index (χ3v) is 7.65. The summed E-state index contributed by atoms with van der Waals surface area (Å²) in [4.78, 5) is 14.9. The maximum Gasteiger partial charge on any atom is 0.264 e. The van der Waals surface area contributed by atoms with Crippen LogP contribution in [-0.2, 0) is 16.6 Å². The van der Waals surface area contributed by atoms with E-state index >= 15 is 0 Å². The Morgan fingerprint density at radius 3 is 2.12 bits per heavy atom. The Morgan fingerprint density at radius 1 is 0.879 bits per heavy atom. The third kappa shape index (κ3) is 5.20. The van der Waals surface area contributed by atoms with E-state index in [4.69, 9.17) is 4.74 Å². The molecule has 172 valence electrons. The van der Waals surface area contributed by atoms with Crippen molar-refractivity contribution in [3.63, 3.8) is 0 Å². The van der Waals surface area contributed by atoms with E-state index in [9.17, 15) is 13.2 Å². The van der Waals surface area contributed by atoms with Crippen molar-refractivity contribution in [2.24, 2.45) is 0 Å². The molecular formula is C26H28N2O4S. The minimum absolute atomic E-state index is 0.0326. The number of methoxy groups -OCH3 is 1. The van der Waals surface area contributed by atoms with Crippen LogP contribution in [0.25, 0.3) is 0 Å². The summed E-state index contributed by atoms with van der Waals surface area (Å²) in [5, 5.41) is 0. The lowest BCUT2D eigenvalue weighted by atomic mass is 10.1. The van der Waals surface area contributed by atoms with Gasteiger partial charge in [0.05, 0.1) is 24.2 Å². The molecular weight excluding hydrogens is 436 g/mol. The summed E-state index contributed by atoms with van der Waals surface area (Å²) in [6.45, 7) is 1.73. The van der Waals surface area contributed by atoms with E-state index in [2.05, 4.69) is 0 Å². The van der Waals surface area contributed by atoms with Gasteiger partial charge in [-0.05, 0) is 73.4 Å². The van der Waals surface area contributed by atoms with Crippen LogP contribution in [0.5, 0.6) is 5.75 Å². The summed E-state index contributed by atoms with van der Waals surface area (Å²) in [6.07, 6.45) is 3.25. The topological polar surface area (TPSA) is 66.9 Å². The van der Waals surface area contributed by atoms with Gasteiger partial charge in [-0.3, -0.25) is 9.10 Å². The number of sulfonamides is 1. The highest BCUT2D eigenvalue weighted by Crippen LogP contribution is 2.28. The minimum atomic E-state index is -3.80. The summed E-state index contributed by atoms with van der Waals surface area (Å²) in [5.41, 5.74) is 1.95. The summed E-state index contributed by atoms with van der Waals surface area (Å²) in [7, 11) is -2.23. The van der Waals surface area contributed by atoms with E-state index in [1.165, 1.54) is 10.7 Å². The van der Waals surface area contributed by atoms with Crippen molar-refractivity contribution >= 4 is 21.6 Å². The smallest absolute Gasteiger partial charge is 0.264 e. The van der Waals surface area contributed by atoms with Crippen molar-refractivity contribution < 1.29 is 17.9 Å². The van der Waals surface area contributed by atoms with Gasteiger partial charge in [0.1, 0.15) is 5.75 Å². The summed E-state index contributed by atoms with van der Waals surface area (Å²) in [5.74, 6) is 0.682. The van der Waals surface area contributed by atoms with E-state index in [1.54, 1.807) is 73.8 Å². The molecule has 0 aliphatic carbocycles. The largest absolute Gasteiger partial charge is 0.497 e. The number of carbonyl (C=O) groups excluding carboxylic acids is 1. The van der Waals surface area contributed by atoms with Gasteiger partial charge in [0.25, 0.3) is 15.9 Å². The minimum Gasteiger partial charge on any atom is -0.497 e. The quantitative estimate of drug-likeness (QED) is 0.508. The number of ether oxygens (including phenoxy) is 1. The number of nitrogens with zero attached hydrogens (tertiary/aromatic N) is 2. The molecule has 4 rings (SSSR count).